The first-order chi connectivity index (χ1) is 12.0. The van der Waals surface area contributed by atoms with Crippen LogP contribution in [-0.2, 0) is 16.0 Å². The van der Waals surface area contributed by atoms with Crippen LogP contribution < -0.4 is 4.74 Å². The van der Waals surface area contributed by atoms with Crippen molar-refractivity contribution in [1.82, 2.24) is 4.98 Å². The molecule has 2 aromatic heterocycles. The molecular formula is C18H15NO5S. The third-order valence-corrected chi connectivity index (χ3v) is 4.24. The lowest BCUT2D eigenvalue weighted by Gasteiger charge is -2.04. The van der Waals surface area contributed by atoms with Gasteiger partial charge in [-0.25, -0.2) is 9.78 Å². The molecule has 3 aromatic rings. The van der Waals surface area contributed by atoms with Gasteiger partial charge in [0.15, 0.2) is 10.8 Å². The predicted octanol–water partition coefficient (Wildman–Crippen LogP) is 3.65. The molecule has 0 unspecified atom stereocenters. The van der Waals surface area contributed by atoms with Crippen LogP contribution in [0.15, 0.2) is 46.2 Å². The minimum absolute atomic E-state index is 0.0505. The molecule has 1 aromatic carbocycles. The summed E-state index contributed by atoms with van der Waals surface area (Å²) in [7, 11) is 1.31. The van der Waals surface area contributed by atoms with Gasteiger partial charge in [-0.3, -0.25) is 4.79 Å². The molecule has 0 aliphatic carbocycles. The molecule has 128 valence electrons. The van der Waals surface area contributed by atoms with Gasteiger partial charge in [-0.1, -0.05) is 0 Å². The first-order valence-corrected chi connectivity index (χ1v) is 8.33. The van der Waals surface area contributed by atoms with Gasteiger partial charge in [-0.05, 0) is 43.3 Å². The van der Waals surface area contributed by atoms with Gasteiger partial charge >= 0.3 is 11.9 Å². The maximum atomic E-state index is 12.0. The zero-order chi connectivity index (χ0) is 17.8. The summed E-state index contributed by atoms with van der Waals surface area (Å²) in [6.07, 6.45) is 0.0505. The number of nitrogens with zero attached hydrogens (tertiary/aromatic N) is 1. The quantitative estimate of drug-likeness (QED) is 0.512. The van der Waals surface area contributed by atoms with Crippen molar-refractivity contribution >= 4 is 23.3 Å². The van der Waals surface area contributed by atoms with Crippen molar-refractivity contribution in [2.75, 3.05) is 7.11 Å². The van der Waals surface area contributed by atoms with Crippen LogP contribution in [0.3, 0.4) is 0 Å². The van der Waals surface area contributed by atoms with E-state index in [1.807, 2.05) is 19.1 Å². The van der Waals surface area contributed by atoms with Gasteiger partial charge in [-0.2, -0.15) is 0 Å². The van der Waals surface area contributed by atoms with Crippen LogP contribution in [0.25, 0.3) is 10.8 Å². The average molecular weight is 357 g/mol. The van der Waals surface area contributed by atoms with E-state index in [4.69, 9.17) is 9.15 Å². The molecule has 2 heterocycles. The lowest BCUT2D eigenvalue weighted by molar-refractivity contribution is -0.133. The molecule has 0 atom stereocenters. The standard InChI is InChI=1S/C18H15NO5S/c1-11-3-8-15(23-11)17-19-13(10-25-17)9-16(20)24-14-6-4-12(5-7-14)18(21)22-2/h3-8,10H,9H2,1-2H3. The van der Waals surface area contributed by atoms with E-state index in [2.05, 4.69) is 9.72 Å². The van der Waals surface area contributed by atoms with Crippen molar-refractivity contribution in [2.45, 2.75) is 13.3 Å². The highest BCUT2D eigenvalue weighted by atomic mass is 32.1. The summed E-state index contributed by atoms with van der Waals surface area (Å²) in [5.74, 6) is 0.969. The van der Waals surface area contributed by atoms with Gasteiger partial charge in [0.2, 0.25) is 0 Å². The molecule has 0 bridgehead atoms. The molecule has 0 aliphatic rings. The van der Waals surface area contributed by atoms with Crippen LogP contribution in [0.5, 0.6) is 5.75 Å². The fraction of sp³-hybridized carbons (Fsp3) is 0.167. The Morgan fingerprint density at radius 3 is 2.56 bits per heavy atom. The number of rotatable bonds is 5. The molecule has 0 saturated carbocycles. The van der Waals surface area contributed by atoms with E-state index in [0.29, 0.717) is 22.8 Å². The van der Waals surface area contributed by atoms with Gasteiger partial charge in [-0.15, -0.1) is 11.3 Å². The maximum Gasteiger partial charge on any atom is 0.337 e. The minimum atomic E-state index is -0.443. The van der Waals surface area contributed by atoms with Crippen molar-refractivity contribution in [2.24, 2.45) is 0 Å². The number of esters is 2. The highest BCUT2D eigenvalue weighted by Gasteiger charge is 2.13. The van der Waals surface area contributed by atoms with Crippen LogP contribution in [0.1, 0.15) is 21.8 Å². The topological polar surface area (TPSA) is 78.6 Å². The number of methoxy groups -OCH3 is 1. The summed E-state index contributed by atoms with van der Waals surface area (Å²) >= 11 is 1.41. The summed E-state index contributed by atoms with van der Waals surface area (Å²) in [5.41, 5.74) is 1.01. The highest BCUT2D eigenvalue weighted by molar-refractivity contribution is 7.13. The van der Waals surface area contributed by atoms with E-state index < -0.39 is 11.9 Å². The Hall–Kier alpha value is -2.93. The Kier molecular flexibility index (Phi) is 4.95. The Morgan fingerprint density at radius 1 is 1.16 bits per heavy atom. The summed E-state index contributed by atoms with van der Waals surface area (Å²) in [6.45, 7) is 1.86. The lowest BCUT2D eigenvalue weighted by atomic mass is 10.2. The lowest BCUT2D eigenvalue weighted by Crippen LogP contribution is -2.11. The number of hydrogen-bond donors (Lipinski definition) is 0. The largest absolute Gasteiger partial charge is 0.465 e. The van der Waals surface area contributed by atoms with Gasteiger partial charge in [0, 0.05) is 5.38 Å². The third-order valence-electron chi connectivity index (χ3n) is 3.34. The van der Waals surface area contributed by atoms with E-state index in [-0.39, 0.29) is 6.42 Å². The molecule has 3 rings (SSSR count). The highest BCUT2D eigenvalue weighted by Crippen LogP contribution is 2.26. The van der Waals surface area contributed by atoms with Crippen LogP contribution in [-0.4, -0.2) is 24.0 Å². The van der Waals surface area contributed by atoms with Gasteiger partial charge < -0.3 is 13.9 Å². The SMILES string of the molecule is COC(=O)c1ccc(OC(=O)Cc2csc(-c3ccc(C)o3)n2)cc1. The van der Waals surface area contributed by atoms with Crippen LogP contribution in [0, 0.1) is 6.92 Å². The van der Waals surface area contributed by atoms with Gasteiger partial charge in [0.1, 0.15) is 11.5 Å². The molecular weight excluding hydrogens is 342 g/mol. The van der Waals surface area contributed by atoms with E-state index >= 15 is 0 Å². The molecule has 7 heteroatoms. The predicted molar refractivity (Wildman–Crippen MR) is 91.7 cm³/mol. The zero-order valence-corrected chi connectivity index (χ0v) is 14.5. The molecule has 0 amide bonds. The number of thiazole rings is 1. The minimum Gasteiger partial charge on any atom is -0.465 e. The maximum absolute atomic E-state index is 12.0. The number of carbonyl (C=O) groups is 2. The second-order valence-corrected chi connectivity index (χ2v) is 6.08. The van der Waals surface area contributed by atoms with E-state index in [9.17, 15) is 9.59 Å². The van der Waals surface area contributed by atoms with Crippen molar-refractivity contribution in [3.63, 3.8) is 0 Å². The first kappa shape index (κ1) is 16.9. The van der Waals surface area contributed by atoms with Crippen molar-refractivity contribution in [1.29, 1.82) is 0 Å². The third kappa shape index (κ3) is 4.13. The number of furan rings is 1. The van der Waals surface area contributed by atoms with Crippen molar-refractivity contribution < 1.29 is 23.5 Å². The number of aryl methyl sites for hydroxylation is 1. The smallest absolute Gasteiger partial charge is 0.337 e. The normalized spacial score (nSPS) is 10.5. The van der Waals surface area contributed by atoms with E-state index in [1.165, 1.54) is 30.6 Å². The number of benzene rings is 1. The summed E-state index contributed by atoms with van der Waals surface area (Å²) in [4.78, 5) is 27.8. The number of carbonyl (C=O) groups excluding carboxylic acids is 2. The Morgan fingerprint density at radius 2 is 1.92 bits per heavy atom. The van der Waals surface area contributed by atoms with Crippen LogP contribution in [0.4, 0.5) is 0 Å². The summed E-state index contributed by atoms with van der Waals surface area (Å²) in [5, 5.41) is 2.52. The molecule has 6 nitrogen and oxygen atoms in total. The molecule has 0 aliphatic heterocycles. The second kappa shape index (κ2) is 7.31. The van der Waals surface area contributed by atoms with Crippen LogP contribution in [0.2, 0.25) is 0 Å². The molecule has 0 radical (unpaired) electrons. The molecule has 0 fully saturated rings. The number of ether oxygens (including phenoxy) is 2. The fourth-order valence-corrected chi connectivity index (χ4v) is 2.92. The zero-order valence-electron chi connectivity index (χ0n) is 13.6. The molecule has 0 N–H and O–H groups in total. The summed E-state index contributed by atoms with van der Waals surface area (Å²) < 4.78 is 15.4. The first-order valence-electron chi connectivity index (χ1n) is 7.45. The van der Waals surface area contributed by atoms with E-state index in [0.717, 1.165) is 10.8 Å². The number of hydrogen-bond acceptors (Lipinski definition) is 7. The number of aromatic nitrogens is 1. The summed E-state index contributed by atoms with van der Waals surface area (Å²) in [6, 6.07) is 9.87. The Balaban J connectivity index is 1.61. The second-order valence-electron chi connectivity index (χ2n) is 5.22. The van der Waals surface area contributed by atoms with Gasteiger partial charge in [0.05, 0.1) is 24.8 Å². The molecule has 0 spiro atoms. The van der Waals surface area contributed by atoms with E-state index in [1.54, 1.807) is 17.5 Å². The fourth-order valence-electron chi connectivity index (χ4n) is 2.14. The van der Waals surface area contributed by atoms with Crippen LogP contribution >= 0.6 is 11.3 Å². The van der Waals surface area contributed by atoms with Crippen molar-refractivity contribution in [3.05, 3.63) is 58.8 Å². The Labute approximate surface area is 148 Å². The monoisotopic (exact) mass is 357 g/mol. The van der Waals surface area contributed by atoms with Crippen molar-refractivity contribution in [3.8, 4) is 16.5 Å². The average Bonchev–Trinajstić information content (AvgIpc) is 3.23. The molecule has 25 heavy (non-hydrogen) atoms. The Bertz CT molecular complexity index is 894. The molecule has 0 saturated heterocycles. The van der Waals surface area contributed by atoms with Gasteiger partial charge in [0.25, 0.3) is 0 Å².